The van der Waals surface area contributed by atoms with E-state index in [0.717, 1.165) is 11.3 Å². The molecule has 1 unspecified atom stereocenters. The van der Waals surface area contributed by atoms with Crippen molar-refractivity contribution in [3.8, 4) is 5.75 Å². The highest BCUT2D eigenvalue weighted by molar-refractivity contribution is 5.97. The molecule has 1 fully saturated rings. The smallest absolute Gasteiger partial charge is 0.229 e. The van der Waals surface area contributed by atoms with Gasteiger partial charge >= 0.3 is 0 Å². The second kappa shape index (κ2) is 6.74. The van der Waals surface area contributed by atoms with Crippen LogP contribution in [0.4, 0.5) is 5.69 Å². The van der Waals surface area contributed by atoms with E-state index in [9.17, 15) is 9.59 Å². The van der Waals surface area contributed by atoms with Crippen molar-refractivity contribution in [3.63, 3.8) is 0 Å². The lowest BCUT2D eigenvalue weighted by molar-refractivity contribution is -0.128. The van der Waals surface area contributed by atoms with Crippen LogP contribution in [0.25, 0.3) is 0 Å². The maximum atomic E-state index is 12.3. The summed E-state index contributed by atoms with van der Waals surface area (Å²) >= 11 is 0. The minimum atomic E-state index is -0.354. The number of hydrogen-bond donors (Lipinski definition) is 1. The van der Waals surface area contributed by atoms with Crippen molar-refractivity contribution in [1.29, 1.82) is 0 Å². The number of amides is 2. The molecule has 126 valence electrons. The molecule has 0 bridgehead atoms. The summed E-state index contributed by atoms with van der Waals surface area (Å²) in [6.07, 6.45) is 3.53. The van der Waals surface area contributed by atoms with E-state index in [1.165, 1.54) is 0 Å². The van der Waals surface area contributed by atoms with Crippen LogP contribution in [0.2, 0.25) is 0 Å². The van der Waals surface area contributed by atoms with Crippen molar-refractivity contribution in [3.05, 3.63) is 42.2 Å². The first-order valence-corrected chi connectivity index (χ1v) is 7.76. The van der Waals surface area contributed by atoms with E-state index in [0.29, 0.717) is 18.8 Å². The molecule has 7 nitrogen and oxygen atoms in total. The van der Waals surface area contributed by atoms with Crippen LogP contribution in [-0.2, 0) is 23.2 Å². The lowest BCUT2D eigenvalue weighted by atomic mass is 10.1. The Kier molecular flexibility index (Phi) is 4.50. The number of hydrogen-bond acceptors (Lipinski definition) is 4. The van der Waals surface area contributed by atoms with Crippen molar-refractivity contribution in [1.82, 2.24) is 14.7 Å². The minimum Gasteiger partial charge on any atom is -0.496 e. The van der Waals surface area contributed by atoms with Crippen LogP contribution >= 0.6 is 0 Å². The first-order chi connectivity index (χ1) is 11.6. The fraction of sp³-hybridized carbons (Fsp3) is 0.353. The van der Waals surface area contributed by atoms with Crippen LogP contribution in [0.3, 0.4) is 0 Å². The van der Waals surface area contributed by atoms with Crippen molar-refractivity contribution in [2.24, 2.45) is 13.0 Å². The average molecular weight is 328 g/mol. The molecule has 2 aromatic rings. The van der Waals surface area contributed by atoms with Gasteiger partial charge in [-0.25, -0.2) is 0 Å². The molecular formula is C17H20N4O3. The van der Waals surface area contributed by atoms with E-state index in [1.54, 1.807) is 36.1 Å². The second-order valence-corrected chi connectivity index (χ2v) is 5.88. The topological polar surface area (TPSA) is 76.5 Å². The molecule has 1 N–H and O–H groups in total. The van der Waals surface area contributed by atoms with Gasteiger partial charge in [0.15, 0.2) is 0 Å². The predicted molar refractivity (Wildman–Crippen MR) is 88.4 cm³/mol. The van der Waals surface area contributed by atoms with Crippen LogP contribution in [0.5, 0.6) is 5.75 Å². The van der Waals surface area contributed by atoms with Gasteiger partial charge in [0.25, 0.3) is 0 Å². The van der Waals surface area contributed by atoms with Crippen molar-refractivity contribution < 1.29 is 14.3 Å². The normalized spacial score (nSPS) is 17.2. The molecule has 2 amide bonds. The van der Waals surface area contributed by atoms with Crippen molar-refractivity contribution in [2.75, 3.05) is 19.0 Å². The quantitative estimate of drug-likeness (QED) is 0.900. The number of benzene rings is 1. The first kappa shape index (κ1) is 16.0. The van der Waals surface area contributed by atoms with E-state index >= 15 is 0 Å². The lowest BCUT2D eigenvalue weighted by Gasteiger charge is -2.18. The molecule has 2 heterocycles. The molecule has 0 saturated carbocycles. The molecule has 24 heavy (non-hydrogen) atoms. The summed E-state index contributed by atoms with van der Waals surface area (Å²) in [7, 11) is 3.39. The lowest BCUT2D eigenvalue weighted by Crippen LogP contribution is -2.28. The Morgan fingerprint density at radius 1 is 1.42 bits per heavy atom. The summed E-state index contributed by atoms with van der Waals surface area (Å²) in [6.45, 7) is 0.850. The van der Waals surface area contributed by atoms with Crippen molar-refractivity contribution in [2.45, 2.75) is 13.0 Å². The molecule has 0 aliphatic carbocycles. The van der Waals surface area contributed by atoms with Gasteiger partial charge in [-0.1, -0.05) is 18.2 Å². The number of aryl methyl sites for hydroxylation is 1. The minimum absolute atomic E-state index is 0.0211. The monoisotopic (exact) mass is 328 g/mol. The molecule has 3 rings (SSSR count). The summed E-state index contributed by atoms with van der Waals surface area (Å²) in [5.74, 6) is 0.215. The standard InChI is InChI=1S/C17H20N4O3/c1-20-11-14(8-18-20)19-17(23)13-7-16(22)21(10-13)9-12-5-3-4-6-15(12)24-2/h3-6,8,11,13H,7,9-10H2,1-2H3,(H,19,23). The van der Waals surface area contributed by atoms with Gasteiger partial charge in [0.1, 0.15) is 5.75 Å². The highest BCUT2D eigenvalue weighted by atomic mass is 16.5. The van der Waals surface area contributed by atoms with Gasteiger partial charge in [-0.15, -0.1) is 0 Å². The molecule has 1 aliphatic rings. The third kappa shape index (κ3) is 3.40. The number of aromatic nitrogens is 2. The van der Waals surface area contributed by atoms with Crippen LogP contribution in [0.15, 0.2) is 36.7 Å². The molecule has 0 radical (unpaired) electrons. The van der Waals surface area contributed by atoms with Gasteiger partial charge in [0, 0.05) is 38.3 Å². The molecule has 1 atom stereocenters. The van der Waals surface area contributed by atoms with Crippen LogP contribution < -0.4 is 10.1 Å². The van der Waals surface area contributed by atoms with E-state index in [2.05, 4.69) is 10.4 Å². The summed E-state index contributed by atoms with van der Waals surface area (Å²) in [6, 6.07) is 7.58. The van der Waals surface area contributed by atoms with Crippen molar-refractivity contribution >= 4 is 17.5 Å². The molecule has 1 aliphatic heterocycles. The van der Waals surface area contributed by atoms with Gasteiger partial charge in [-0.2, -0.15) is 5.10 Å². The molecule has 1 saturated heterocycles. The zero-order valence-electron chi connectivity index (χ0n) is 13.7. The van der Waals surface area contributed by atoms with Gasteiger partial charge in [0.2, 0.25) is 11.8 Å². The Labute approximate surface area is 140 Å². The number of nitrogens with zero attached hydrogens (tertiary/aromatic N) is 3. The number of methoxy groups -OCH3 is 1. The maximum absolute atomic E-state index is 12.3. The molecule has 7 heteroatoms. The summed E-state index contributed by atoms with van der Waals surface area (Å²) < 4.78 is 6.93. The molecule has 1 aromatic heterocycles. The average Bonchev–Trinajstić information content (AvgIpc) is 3.14. The molecule has 0 spiro atoms. The number of para-hydroxylation sites is 1. The number of rotatable bonds is 5. The Morgan fingerprint density at radius 3 is 2.92 bits per heavy atom. The van der Waals surface area contributed by atoms with E-state index in [4.69, 9.17) is 4.74 Å². The van der Waals surface area contributed by atoms with Crippen LogP contribution in [-0.4, -0.2) is 40.1 Å². The highest BCUT2D eigenvalue weighted by Gasteiger charge is 2.34. The Hall–Kier alpha value is -2.83. The number of carbonyl (C=O) groups is 2. The highest BCUT2D eigenvalue weighted by Crippen LogP contribution is 2.25. The van der Waals surface area contributed by atoms with Crippen LogP contribution in [0.1, 0.15) is 12.0 Å². The van der Waals surface area contributed by atoms with Gasteiger partial charge < -0.3 is 15.0 Å². The Morgan fingerprint density at radius 2 is 2.21 bits per heavy atom. The van der Waals surface area contributed by atoms with Crippen LogP contribution in [0, 0.1) is 5.92 Å². The second-order valence-electron chi connectivity index (χ2n) is 5.88. The summed E-state index contributed by atoms with van der Waals surface area (Å²) in [4.78, 5) is 26.3. The van der Waals surface area contributed by atoms with Gasteiger partial charge in [-0.3, -0.25) is 14.3 Å². The number of nitrogens with one attached hydrogen (secondary N) is 1. The largest absolute Gasteiger partial charge is 0.496 e. The zero-order chi connectivity index (χ0) is 17.1. The van der Waals surface area contributed by atoms with E-state index in [-0.39, 0.29) is 24.2 Å². The zero-order valence-corrected chi connectivity index (χ0v) is 13.7. The van der Waals surface area contributed by atoms with E-state index < -0.39 is 0 Å². The molecule has 1 aromatic carbocycles. The summed E-state index contributed by atoms with van der Waals surface area (Å²) in [5.41, 5.74) is 1.57. The van der Waals surface area contributed by atoms with Gasteiger partial charge in [0.05, 0.1) is 24.9 Å². The Bertz CT molecular complexity index is 756. The number of ether oxygens (including phenoxy) is 1. The number of likely N-dealkylation sites (tertiary alicyclic amines) is 1. The fourth-order valence-corrected chi connectivity index (χ4v) is 2.87. The maximum Gasteiger partial charge on any atom is 0.229 e. The molecular weight excluding hydrogens is 308 g/mol. The third-order valence-electron chi connectivity index (χ3n) is 4.11. The predicted octanol–water partition coefficient (Wildman–Crippen LogP) is 1.42. The SMILES string of the molecule is COc1ccccc1CN1CC(C(=O)Nc2cnn(C)c2)CC1=O. The number of carbonyl (C=O) groups excluding carboxylic acids is 2. The van der Waals surface area contributed by atoms with Gasteiger partial charge in [-0.05, 0) is 6.07 Å². The first-order valence-electron chi connectivity index (χ1n) is 7.76. The van der Waals surface area contributed by atoms with E-state index in [1.807, 2.05) is 24.3 Å². The third-order valence-corrected chi connectivity index (χ3v) is 4.11. The number of anilines is 1. The summed E-state index contributed by atoms with van der Waals surface area (Å²) in [5, 5.41) is 6.82. The Balaban J connectivity index is 1.64. The fourth-order valence-electron chi connectivity index (χ4n) is 2.87.